The number of hydrogen-bond acceptors (Lipinski definition) is 4. The number of nitro groups is 1. The molecule has 0 fully saturated rings. The van der Waals surface area contributed by atoms with Crippen molar-refractivity contribution in [3.05, 3.63) is 22.6 Å². The molecule has 0 spiro atoms. The van der Waals surface area contributed by atoms with Crippen molar-refractivity contribution in [1.82, 2.24) is 14.9 Å². The number of carbonyl (C=O) groups is 1. The quantitative estimate of drug-likeness (QED) is 0.412. The number of terminal acetylenes is 1. The Balaban J connectivity index is 2.54. The molecular formula is C8H8N4O3. The monoisotopic (exact) mass is 208 g/mol. The number of imidazole rings is 1. The highest BCUT2D eigenvalue weighted by molar-refractivity contribution is 5.75. The number of amides is 1. The van der Waals surface area contributed by atoms with Crippen molar-refractivity contribution in [2.75, 3.05) is 6.54 Å². The Morgan fingerprint density at radius 3 is 3.07 bits per heavy atom. The van der Waals surface area contributed by atoms with Crippen LogP contribution in [0.1, 0.15) is 0 Å². The van der Waals surface area contributed by atoms with Gasteiger partial charge in [-0.25, -0.2) is 0 Å². The standard InChI is InChI=1S/C8H8N4O3/c1-2-3-9-8(13)5-11-4-7(10-6-11)12(14)15/h1,4,6H,3,5H2,(H,9,13). The highest BCUT2D eigenvalue weighted by Gasteiger charge is 2.11. The van der Waals surface area contributed by atoms with Crippen LogP contribution in [0.4, 0.5) is 5.82 Å². The van der Waals surface area contributed by atoms with E-state index in [2.05, 4.69) is 16.2 Å². The van der Waals surface area contributed by atoms with Gasteiger partial charge in [-0.05, 0) is 9.91 Å². The molecule has 0 aliphatic heterocycles. The summed E-state index contributed by atoms with van der Waals surface area (Å²) in [6.07, 6.45) is 7.33. The summed E-state index contributed by atoms with van der Waals surface area (Å²) >= 11 is 0. The largest absolute Gasteiger partial charge is 0.381 e. The van der Waals surface area contributed by atoms with Crippen LogP contribution in [0.2, 0.25) is 0 Å². The first-order chi connectivity index (χ1) is 7.13. The van der Waals surface area contributed by atoms with Crippen LogP contribution in [-0.4, -0.2) is 26.9 Å². The van der Waals surface area contributed by atoms with E-state index in [0.29, 0.717) is 0 Å². The van der Waals surface area contributed by atoms with E-state index in [9.17, 15) is 14.9 Å². The lowest BCUT2D eigenvalue weighted by molar-refractivity contribution is -0.389. The first kappa shape index (κ1) is 10.7. The van der Waals surface area contributed by atoms with E-state index in [1.54, 1.807) is 0 Å². The van der Waals surface area contributed by atoms with E-state index in [1.165, 1.54) is 17.1 Å². The van der Waals surface area contributed by atoms with E-state index < -0.39 is 4.92 Å². The van der Waals surface area contributed by atoms with Gasteiger partial charge >= 0.3 is 5.82 Å². The van der Waals surface area contributed by atoms with Crippen LogP contribution in [-0.2, 0) is 11.3 Å². The topological polar surface area (TPSA) is 90.1 Å². The zero-order chi connectivity index (χ0) is 11.3. The maximum Gasteiger partial charge on any atom is 0.381 e. The first-order valence-electron chi connectivity index (χ1n) is 4.00. The lowest BCUT2D eigenvalue weighted by atomic mass is 10.5. The molecule has 0 saturated heterocycles. The van der Waals surface area contributed by atoms with Gasteiger partial charge < -0.3 is 20.0 Å². The molecule has 0 unspecified atom stereocenters. The lowest BCUT2D eigenvalue weighted by Gasteiger charge is -1.99. The molecule has 0 aromatic carbocycles. The summed E-state index contributed by atoms with van der Waals surface area (Å²) in [5.74, 6) is 1.63. The average Bonchev–Trinajstić information content (AvgIpc) is 2.63. The molecule has 0 radical (unpaired) electrons. The molecule has 7 nitrogen and oxygen atoms in total. The average molecular weight is 208 g/mol. The summed E-state index contributed by atoms with van der Waals surface area (Å²) in [6, 6.07) is 0. The van der Waals surface area contributed by atoms with Crippen LogP contribution in [0.15, 0.2) is 12.5 Å². The van der Waals surface area contributed by atoms with Crippen molar-refractivity contribution >= 4 is 11.7 Å². The molecule has 1 N–H and O–H groups in total. The predicted octanol–water partition coefficient (Wildman–Crippen LogP) is -0.459. The molecule has 1 aromatic heterocycles. The number of aromatic nitrogens is 2. The molecule has 1 aromatic rings. The molecule has 1 amide bonds. The lowest BCUT2D eigenvalue weighted by Crippen LogP contribution is -2.27. The van der Waals surface area contributed by atoms with Crippen LogP contribution in [0.3, 0.4) is 0 Å². The van der Waals surface area contributed by atoms with Gasteiger partial charge in [-0.15, -0.1) is 6.42 Å². The van der Waals surface area contributed by atoms with Gasteiger partial charge in [-0.3, -0.25) is 4.79 Å². The molecule has 1 rings (SSSR count). The van der Waals surface area contributed by atoms with Crippen LogP contribution in [0.5, 0.6) is 0 Å². The summed E-state index contributed by atoms with van der Waals surface area (Å²) in [7, 11) is 0. The molecule has 15 heavy (non-hydrogen) atoms. The zero-order valence-electron chi connectivity index (χ0n) is 7.71. The maximum atomic E-state index is 11.1. The van der Waals surface area contributed by atoms with Gasteiger partial charge in [0.25, 0.3) is 0 Å². The van der Waals surface area contributed by atoms with Crippen LogP contribution >= 0.6 is 0 Å². The zero-order valence-corrected chi connectivity index (χ0v) is 7.71. The summed E-state index contributed by atoms with van der Waals surface area (Å²) < 4.78 is 1.31. The molecule has 7 heteroatoms. The minimum atomic E-state index is -0.629. The van der Waals surface area contributed by atoms with Crippen molar-refractivity contribution in [3.8, 4) is 12.3 Å². The third kappa shape index (κ3) is 3.11. The van der Waals surface area contributed by atoms with Crippen molar-refractivity contribution in [2.45, 2.75) is 6.54 Å². The Bertz CT molecular complexity index is 418. The van der Waals surface area contributed by atoms with E-state index >= 15 is 0 Å². The van der Waals surface area contributed by atoms with Crippen LogP contribution in [0, 0.1) is 22.5 Å². The third-order valence-electron chi connectivity index (χ3n) is 1.52. The maximum absolute atomic E-state index is 11.1. The van der Waals surface area contributed by atoms with E-state index in [0.717, 1.165) is 0 Å². The second-order valence-electron chi connectivity index (χ2n) is 2.64. The smallest absolute Gasteiger partial charge is 0.358 e. The minimum absolute atomic E-state index is 0.0392. The highest BCUT2D eigenvalue weighted by atomic mass is 16.6. The van der Waals surface area contributed by atoms with E-state index in [1.807, 2.05) is 0 Å². The normalized spacial score (nSPS) is 9.27. The highest BCUT2D eigenvalue weighted by Crippen LogP contribution is 2.04. The molecule has 0 aliphatic carbocycles. The van der Waals surface area contributed by atoms with Gasteiger partial charge in [-0.2, -0.15) is 0 Å². The van der Waals surface area contributed by atoms with Crippen LogP contribution in [0.25, 0.3) is 0 Å². The molecule has 1 heterocycles. The molecule has 0 saturated carbocycles. The van der Waals surface area contributed by atoms with E-state index in [4.69, 9.17) is 6.42 Å². The molecular weight excluding hydrogens is 200 g/mol. The number of hydrogen-bond donors (Lipinski definition) is 1. The van der Waals surface area contributed by atoms with Gasteiger partial charge in [0.1, 0.15) is 12.7 Å². The van der Waals surface area contributed by atoms with Crippen molar-refractivity contribution in [2.24, 2.45) is 0 Å². The van der Waals surface area contributed by atoms with Gasteiger partial charge in [0.05, 0.1) is 6.54 Å². The van der Waals surface area contributed by atoms with Crippen molar-refractivity contribution in [1.29, 1.82) is 0 Å². The second kappa shape index (κ2) is 4.76. The SMILES string of the molecule is C#CCNC(=O)Cn1cnc([N+](=O)[O-])c1. The molecule has 78 valence electrons. The summed E-state index contributed by atoms with van der Waals surface area (Å²) in [6.45, 7) is 0.0954. The van der Waals surface area contributed by atoms with Crippen molar-refractivity contribution in [3.63, 3.8) is 0 Å². The number of rotatable bonds is 4. The number of carbonyl (C=O) groups excluding carboxylic acids is 1. The van der Waals surface area contributed by atoms with Gasteiger partial charge in [0.15, 0.2) is 0 Å². The third-order valence-corrected chi connectivity index (χ3v) is 1.52. The summed E-state index contributed by atoms with van der Waals surface area (Å²) in [4.78, 5) is 24.3. The Labute approximate surface area is 85.3 Å². The minimum Gasteiger partial charge on any atom is -0.358 e. The molecule has 0 aliphatic rings. The Kier molecular flexibility index (Phi) is 3.40. The van der Waals surface area contributed by atoms with Gasteiger partial charge in [0.2, 0.25) is 12.2 Å². The van der Waals surface area contributed by atoms with Crippen LogP contribution < -0.4 is 5.32 Å². The Morgan fingerprint density at radius 2 is 2.53 bits per heavy atom. The molecule has 0 bridgehead atoms. The van der Waals surface area contributed by atoms with Gasteiger partial charge in [0, 0.05) is 0 Å². The Morgan fingerprint density at radius 1 is 1.80 bits per heavy atom. The van der Waals surface area contributed by atoms with Gasteiger partial charge in [-0.1, -0.05) is 5.92 Å². The fraction of sp³-hybridized carbons (Fsp3) is 0.250. The fourth-order valence-corrected chi connectivity index (χ4v) is 0.900. The number of nitrogens with one attached hydrogen (secondary N) is 1. The summed E-state index contributed by atoms with van der Waals surface area (Å²) in [5, 5.41) is 12.7. The first-order valence-corrected chi connectivity index (χ1v) is 4.00. The summed E-state index contributed by atoms with van der Waals surface area (Å²) in [5.41, 5.74) is 0. The predicted molar refractivity (Wildman–Crippen MR) is 50.7 cm³/mol. The number of nitrogens with zero attached hydrogens (tertiary/aromatic N) is 3. The van der Waals surface area contributed by atoms with E-state index in [-0.39, 0.29) is 24.8 Å². The van der Waals surface area contributed by atoms with Crippen molar-refractivity contribution < 1.29 is 9.72 Å². The fourth-order valence-electron chi connectivity index (χ4n) is 0.900. The molecule has 0 atom stereocenters. The Hall–Kier alpha value is -2.36. The second-order valence-corrected chi connectivity index (χ2v) is 2.64.